The third-order valence-corrected chi connectivity index (χ3v) is 3.54. The minimum atomic E-state index is -0.981. The molecule has 1 rings (SSSR count). The van der Waals surface area contributed by atoms with Crippen molar-refractivity contribution < 1.29 is 24.2 Å². The third-order valence-electron chi connectivity index (χ3n) is 2.58. The van der Waals surface area contributed by atoms with Crippen molar-refractivity contribution in [2.45, 2.75) is 19.4 Å². The highest BCUT2D eigenvalue weighted by Crippen LogP contribution is 2.26. The molecule has 106 valence electrons. The molecule has 6 nitrogen and oxygen atoms in total. The summed E-state index contributed by atoms with van der Waals surface area (Å²) < 4.78 is 9.62. The minimum absolute atomic E-state index is 0.297. The second kappa shape index (κ2) is 7.63. The maximum atomic E-state index is 11.2. The Morgan fingerprint density at radius 2 is 2.26 bits per heavy atom. The Bertz CT molecular complexity index is 406. The Balaban J connectivity index is 2.64. The molecule has 0 bridgehead atoms. The zero-order chi connectivity index (χ0) is 14.3. The van der Waals surface area contributed by atoms with E-state index in [0.717, 1.165) is 4.88 Å². The molecule has 1 heterocycles. The first-order valence-corrected chi connectivity index (χ1v) is 6.72. The van der Waals surface area contributed by atoms with E-state index in [1.54, 1.807) is 6.92 Å². The van der Waals surface area contributed by atoms with Gasteiger partial charge in [0.05, 0.1) is 7.11 Å². The molecule has 1 aromatic heterocycles. The standard InChI is InChI=1S/C12H17NO5S/c1-3-13(11(14)15)7-6-9(18-12(16)17-2)10-5-4-8-19-10/h4-5,8-9H,3,6-7H2,1-2H3,(H,14,15). The van der Waals surface area contributed by atoms with Gasteiger partial charge in [-0.15, -0.1) is 11.3 Å². The second-order valence-corrected chi connectivity index (χ2v) is 4.71. The Morgan fingerprint density at radius 3 is 2.74 bits per heavy atom. The maximum absolute atomic E-state index is 11.2. The Morgan fingerprint density at radius 1 is 1.53 bits per heavy atom. The lowest BCUT2D eigenvalue weighted by Crippen LogP contribution is -2.31. The molecule has 1 unspecified atom stereocenters. The van der Waals surface area contributed by atoms with Crippen LogP contribution in [0.15, 0.2) is 17.5 Å². The number of methoxy groups -OCH3 is 1. The van der Waals surface area contributed by atoms with E-state index in [9.17, 15) is 9.59 Å². The van der Waals surface area contributed by atoms with Gasteiger partial charge in [0.1, 0.15) is 6.10 Å². The van der Waals surface area contributed by atoms with Crippen molar-refractivity contribution in [2.24, 2.45) is 0 Å². The molecule has 7 heteroatoms. The zero-order valence-corrected chi connectivity index (χ0v) is 11.7. The van der Waals surface area contributed by atoms with E-state index in [-0.39, 0.29) is 0 Å². The first-order chi connectivity index (χ1) is 9.08. The van der Waals surface area contributed by atoms with Crippen molar-refractivity contribution in [3.63, 3.8) is 0 Å². The first kappa shape index (κ1) is 15.3. The molecule has 1 N–H and O–H groups in total. The zero-order valence-electron chi connectivity index (χ0n) is 10.9. The molecule has 1 atom stereocenters. The molecule has 0 aromatic carbocycles. The molecular formula is C12H17NO5S. The van der Waals surface area contributed by atoms with Gasteiger partial charge in [-0.1, -0.05) is 6.07 Å². The van der Waals surface area contributed by atoms with Gasteiger partial charge in [0.2, 0.25) is 0 Å². The Kier molecular flexibility index (Phi) is 6.14. The molecule has 0 aliphatic carbocycles. The van der Waals surface area contributed by atoms with Crippen LogP contribution in [0.1, 0.15) is 24.3 Å². The van der Waals surface area contributed by atoms with E-state index in [2.05, 4.69) is 4.74 Å². The predicted octanol–water partition coefficient (Wildman–Crippen LogP) is 2.96. The molecule has 0 saturated heterocycles. The van der Waals surface area contributed by atoms with Crippen LogP contribution in [0.4, 0.5) is 9.59 Å². The molecule has 0 spiro atoms. The fourth-order valence-electron chi connectivity index (χ4n) is 1.56. The molecule has 1 aromatic rings. The summed E-state index contributed by atoms with van der Waals surface area (Å²) in [4.78, 5) is 24.2. The van der Waals surface area contributed by atoms with Crippen LogP contribution in [-0.2, 0) is 9.47 Å². The van der Waals surface area contributed by atoms with Crippen LogP contribution in [0.3, 0.4) is 0 Å². The van der Waals surface area contributed by atoms with Crippen molar-refractivity contribution >= 4 is 23.6 Å². The fourth-order valence-corrected chi connectivity index (χ4v) is 2.35. The molecule has 0 fully saturated rings. The monoisotopic (exact) mass is 287 g/mol. The average Bonchev–Trinajstić information content (AvgIpc) is 2.91. The van der Waals surface area contributed by atoms with Crippen LogP contribution < -0.4 is 0 Å². The molecule has 0 aliphatic heterocycles. The highest BCUT2D eigenvalue weighted by Gasteiger charge is 2.20. The summed E-state index contributed by atoms with van der Waals surface area (Å²) in [6, 6.07) is 3.69. The number of thiophene rings is 1. The van der Waals surface area contributed by atoms with Gasteiger partial charge in [0.25, 0.3) is 0 Å². The van der Waals surface area contributed by atoms with E-state index < -0.39 is 18.4 Å². The van der Waals surface area contributed by atoms with Crippen LogP contribution in [0.25, 0.3) is 0 Å². The lowest BCUT2D eigenvalue weighted by Gasteiger charge is -2.21. The van der Waals surface area contributed by atoms with Gasteiger partial charge in [0.15, 0.2) is 0 Å². The minimum Gasteiger partial charge on any atom is -0.465 e. The van der Waals surface area contributed by atoms with E-state index >= 15 is 0 Å². The van der Waals surface area contributed by atoms with Gasteiger partial charge >= 0.3 is 12.2 Å². The first-order valence-electron chi connectivity index (χ1n) is 5.84. The summed E-state index contributed by atoms with van der Waals surface area (Å²) >= 11 is 1.45. The van der Waals surface area contributed by atoms with Gasteiger partial charge in [-0.25, -0.2) is 9.59 Å². The molecule has 0 radical (unpaired) electrons. The van der Waals surface area contributed by atoms with Crippen LogP contribution >= 0.6 is 11.3 Å². The van der Waals surface area contributed by atoms with Crippen molar-refractivity contribution in [3.05, 3.63) is 22.4 Å². The van der Waals surface area contributed by atoms with Gasteiger partial charge in [0, 0.05) is 24.4 Å². The number of nitrogens with zero attached hydrogens (tertiary/aromatic N) is 1. The number of hydrogen-bond acceptors (Lipinski definition) is 5. The topological polar surface area (TPSA) is 76.1 Å². The number of hydrogen-bond donors (Lipinski definition) is 1. The van der Waals surface area contributed by atoms with Crippen molar-refractivity contribution in [1.29, 1.82) is 0 Å². The number of carbonyl (C=O) groups is 2. The molecule has 0 aliphatic rings. The summed E-state index contributed by atoms with van der Waals surface area (Å²) in [6.45, 7) is 2.45. The summed E-state index contributed by atoms with van der Waals surface area (Å²) in [5, 5.41) is 10.8. The largest absolute Gasteiger partial charge is 0.508 e. The summed E-state index contributed by atoms with van der Waals surface area (Å²) in [7, 11) is 1.24. The van der Waals surface area contributed by atoms with E-state index in [1.165, 1.54) is 23.3 Å². The third kappa shape index (κ3) is 4.78. The highest BCUT2D eigenvalue weighted by molar-refractivity contribution is 7.10. The molecule has 19 heavy (non-hydrogen) atoms. The van der Waals surface area contributed by atoms with E-state index in [4.69, 9.17) is 9.84 Å². The SMILES string of the molecule is CCN(CCC(OC(=O)OC)c1cccs1)C(=O)O. The number of carboxylic acid groups (broad SMARTS) is 1. The molecule has 1 amide bonds. The summed E-state index contributed by atoms with van der Waals surface area (Å²) in [5.74, 6) is 0. The van der Waals surface area contributed by atoms with Gasteiger partial charge in [-0.3, -0.25) is 0 Å². The predicted molar refractivity (Wildman–Crippen MR) is 70.4 cm³/mol. The van der Waals surface area contributed by atoms with E-state index in [1.807, 2.05) is 17.5 Å². The van der Waals surface area contributed by atoms with Crippen molar-refractivity contribution in [3.8, 4) is 0 Å². The molecular weight excluding hydrogens is 270 g/mol. The smallest absolute Gasteiger partial charge is 0.465 e. The van der Waals surface area contributed by atoms with Crippen LogP contribution in [0.2, 0.25) is 0 Å². The average molecular weight is 287 g/mol. The molecule has 0 saturated carbocycles. The quantitative estimate of drug-likeness (QED) is 0.814. The fraction of sp³-hybridized carbons (Fsp3) is 0.500. The summed E-state index contributed by atoms with van der Waals surface area (Å²) in [6.07, 6.45) is -1.83. The number of amides is 1. The van der Waals surface area contributed by atoms with Crippen LogP contribution in [-0.4, -0.2) is 42.5 Å². The van der Waals surface area contributed by atoms with Gasteiger partial charge in [-0.05, 0) is 18.4 Å². The lowest BCUT2D eigenvalue weighted by molar-refractivity contribution is 0.0310. The summed E-state index contributed by atoms with van der Waals surface area (Å²) in [5.41, 5.74) is 0. The number of ether oxygens (including phenoxy) is 2. The number of carbonyl (C=O) groups excluding carboxylic acids is 1. The van der Waals surface area contributed by atoms with E-state index in [0.29, 0.717) is 19.5 Å². The van der Waals surface area contributed by atoms with Gasteiger partial charge < -0.3 is 19.5 Å². The lowest BCUT2D eigenvalue weighted by atomic mass is 10.2. The van der Waals surface area contributed by atoms with Crippen LogP contribution in [0, 0.1) is 0 Å². The Labute approximate surface area is 115 Å². The maximum Gasteiger partial charge on any atom is 0.508 e. The highest BCUT2D eigenvalue weighted by atomic mass is 32.1. The Hall–Kier alpha value is -1.76. The van der Waals surface area contributed by atoms with Crippen molar-refractivity contribution in [1.82, 2.24) is 4.90 Å². The van der Waals surface area contributed by atoms with Crippen molar-refractivity contribution in [2.75, 3.05) is 20.2 Å². The van der Waals surface area contributed by atoms with Crippen LogP contribution in [0.5, 0.6) is 0 Å². The number of rotatable bonds is 6. The normalized spacial score (nSPS) is 11.7. The second-order valence-electron chi connectivity index (χ2n) is 3.73. The van der Waals surface area contributed by atoms with Gasteiger partial charge in [-0.2, -0.15) is 0 Å².